The van der Waals surface area contributed by atoms with Crippen LogP contribution in [-0.4, -0.2) is 4.98 Å². The van der Waals surface area contributed by atoms with Gasteiger partial charge in [0.05, 0.1) is 17.1 Å². The molecule has 0 amide bonds. The highest BCUT2D eigenvalue weighted by molar-refractivity contribution is 6.17. The average molecular weight is 358 g/mol. The lowest BCUT2D eigenvalue weighted by Crippen LogP contribution is -2.16. The van der Waals surface area contributed by atoms with Gasteiger partial charge < -0.3 is 4.90 Å². The van der Waals surface area contributed by atoms with Crippen molar-refractivity contribution in [1.82, 2.24) is 4.98 Å². The predicted molar refractivity (Wildman–Crippen MR) is 118 cm³/mol. The largest absolute Gasteiger partial charge is 0.307 e. The summed E-state index contributed by atoms with van der Waals surface area (Å²) in [5.41, 5.74) is 7.03. The molecule has 0 fully saturated rings. The molecular weight excluding hydrogens is 340 g/mol. The molecule has 2 heteroatoms. The first kappa shape index (κ1) is 15.4. The fourth-order valence-corrected chi connectivity index (χ4v) is 4.47. The number of hydrogen-bond acceptors (Lipinski definition) is 2. The van der Waals surface area contributed by atoms with Crippen LogP contribution >= 0.6 is 0 Å². The monoisotopic (exact) mass is 358 g/mol. The second-order valence-electron chi connectivity index (χ2n) is 7.34. The second kappa shape index (κ2) is 5.67. The number of benzene rings is 4. The van der Waals surface area contributed by atoms with Crippen LogP contribution < -0.4 is 4.90 Å². The number of para-hydroxylation sites is 1. The minimum absolute atomic E-state index is 1.05. The zero-order valence-electron chi connectivity index (χ0n) is 15.6. The highest BCUT2D eigenvalue weighted by atomic mass is 15.2. The van der Waals surface area contributed by atoms with E-state index < -0.39 is 0 Å². The van der Waals surface area contributed by atoms with E-state index in [-0.39, 0.29) is 0 Å². The van der Waals surface area contributed by atoms with Crippen LogP contribution in [-0.2, 0) is 0 Å². The third kappa shape index (κ3) is 2.00. The van der Waals surface area contributed by atoms with Crippen LogP contribution in [0.5, 0.6) is 0 Å². The van der Waals surface area contributed by atoms with Crippen LogP contribution in [0.2, 0.25) is 0 Å². The second-order valence-corrected chi connectivity index (χ2v) is 7.34. The molecule has 6 rings (SSSR count). The van der Waals surface area contributed by atoms with Gasteiger partial charge in [-0.05, 0) is 36.1 Å². The molecule has 0 N–H and O–H groups in total. The summed E-state index contributed by atoms with van der Waals surface area (Å²) in [5.74, 6) is 0. The van der Waals surface area contributed by atoms with Crippen LogP contribution in [0, 0.1) is 6.92 Å². The molecular formula is C26H18N2. The number of pyridine rings is 1. The van der Waals surface area contributed by atoms with Crippen LogP contribution in [0.1, 0.15) is 5.56 Å². The highest BCUT2D eigenvalue weighted by Crippen LogP contribution is 2.52. The van der Waals surface area contributed by atoms with Crippen LogP contribution in [0.15, 0.2) is 91.1 Å². The molecule has 0 unspecified atom stereocenters. The summed E-state index contributed by atoms with van der Waals surface area (Å²) >= 11 is 0. The first-order valence-corrected chi connectivity index (χ1v) is 9.58. The first-order chi connectivity index (χ1) is 13.8. The van der Waals surface area contributed by atoms with Crippen LogP contribution in [0.4, 0.5) is 17.1 Å². The first-order valence-electron chi connectivity index (χ1n) is 9.58. The molecule has 5 aromatic rings. The van der Waals surface area contributed by atoms with Gasteiger partial charge in [0.2, 0.25) is 0 Å². The Hall–Kier alpha value is -3.65. The Morgan fingerprint density at radius 1 is 0.714 bits per heavy atom. The summed E-state index contributed by atoms with van der Waals surface area (Å²) in [6.45, 7) is 2.15. The highest BCUT2D eigenvalue weighted by Gasteiger charge is 2.28. The third-order valence-electron chi connectivity index (χ3n) is 5.74. The lowest BCUT2D eigenvalue weighted by molar-refractivity contribution is 1.24. The van der Waals surface area contributed by atoms with Gasteiger partial charge in [0, 0.05) is 33.6 Å². The van der Waals surface area contributed by atoms with E-state index in [1.807, 2.05) is 6.20 Å². The van der Waals surface area contributed by atoms with Crippen LogP contribution in [0.3, 0.4) is 0 Å². The van der Waals surface area contributed by atoms with Gasteiger partial charge in [-0.3, -0.25) is 4.98 Å². The molecule has 2 nitrogen and oxygen atoms in total. The number of hydrogen-bond donors (Lipinski definition) is 0. The van der Waals surface area contributed by atoms with Gasteiger partial charge >= 0.3 is 0 Å². The molecule has 1 aromatic heterocycles. The zero-order chi connectivity index (χ0) is 18.7. The van der Waals surface area contributed by atoms with E-state index in [2.05, 4.69) is 96.8 Å². The molecule has 0 saturated heterocycles. The van der Waals surface area contributed by atoms with E-state index in [0.29, 0.717) is 0 Å². The van der Waals surface area contributed by atoms with Gasteiger partial charge in [0.1, 0.15) is 0 Å². The average Bonchev–Trinajstić information content (AvgIpc) is 2.75. The number of anilines is 3. The smallest absolute Gasteiger partial charge is 0.0956 e. The number of aromatic nitrogens is 1. The van der Waals surface area contributed by atoms with Gasteiger partial charge in [-0.25, -0.2) is 0 Å². The lowest BCUT2D eigenvalue weighted by Gasteiger charge is -2.34. The maximum Gasteiger partial charge on any atom is 0.0956 e. The molecule has 28 heavy (non-hydrogen) atoms. The molecule has 132 valence electrons. The third-order valence-corrected chi connectivity index (χ3v) is 5.74. The molecule has 0 radical (unpaired) electrons. The van der Waals surface area contributed by atoms with E-state index in [1.54, 1.807) is 0 Å². The summed E-state index contributed by atoms with van der Waals surface area (Å²) < 4.78 is 0. The predicted octanol–water partition coefficient (Wildman–Crippen LogP) is 7.15. The van der Waals surface area contributed by atoms with E-state index in [0.717, 1.165) is 11.4 Å². The lowest BCUT2D eigenvalue weighted by atomic mass is 9.91. The van der Waals surface area contributed by atoms with E-state index in [1.165, 1.54) is 44.0 Å². The molecule has 2 heterocycles. The summed E-state index contributed by atoms with van der Waals surface area (Å²) in [6, 6.07) is 30.2. The minimum atomic E-state index is 1.05. The SMILES string of the molecule is Cc1cccc2c3c(ncc12)-c1cccc2cccc(c12)N3c1ccccc1. The molecule has 1 aliphatic rings. The maximum absolute atomic E-state index is 4.97. The Morgan fingerprint density at radius 3 is 2.36 bits per heavy atom. The Bertz CT molecular complexity index is 1360. The van der Waals surface area contributed by atoms with Crippen molar-refractivity contribution >= 4 is 38.6 Å². The van der Waals surface area contributed by atoms with Gasteiger partial charge in [0.25, 0.3) is 0 Å². The van der Waals surface area contributed by atoms with Gasteiger partial charge in [-0.1, -0.05) is 66.7 Å². The Kier molecular flexibility index (Phi) is 3.12. The molecule has 0 saturated carbocycles. The van der Waals surface area contributed by atoms with Gasteiger partial charge in [-0.2, -0.15) is 0 Å². The van der Waals surface area contributed by atoms with Crippen molar-refractivity contribution in [3.63, 3.8) is 0 Å². The van der Waals surface area contributed by atoms with Crippen LogP contribution in [0.25, 0.3) is 32.8 Å². The molecule has 0 spiro atoms. The normalized spacial score (nSPS) is 12.4. The fourth-order valence-electron chi connectivity index (χ4n) is 4.47. The maximum atomic E-state index is 4.97. The van der Waals surface area contributed by atoms with Crippen molar-refractivity contribution in [1.29, 1.82) is 0 Å². The molecule has 0 atom stereocenters. The van der Waals surface area contributed by atoms with Crippen molar-refractivity contribution in [2.75, 3.05) is 4.90 Å². The quantitative estimate of drug-likeness (QED) is 0.310. The minimum Gasteiger partial charge on any atom is -0.307 e. The fraction of sp³-hybridized carbons (Fsp3) is 0.0385. The number of rotatable bonds is 1. The summed E-state index contributed by atoms with van der Waals surface area (Å²) in [6.07, 6.45) is 2.03. The number of fused-ring (bicyclic) bond motifs is 4. The molecule has 0 aliphatic carbocycles. The van der Waals surface area contributed by atoms with E-state index in [9.17, 15) is 0 Å². The zero-order valence-corrected chi connectivity index (χ0v) is 15.6. The van der Waals surface area contributed by atoms with Gasteiger partial charge in [-0.15, -0.1) is 0 Å². The molecule has 0 bridgehead atoms. The number of nitrogens with zero attached hydrogens (tertiary/aromatic N) is 2. The molecule has 1 aliphatic heterocycles. The van der Waals surface area contributed by atoms with Gasteiger partial charge in [0.15, 0.2) is 0 Å². The topological polar surface area (TPSA) is 16.1 Å². The Labute approximate surface area is 163 Å². The van der Waals surface area contributed by atoms with E-state index in [4.69, 9.17) is 4.98 Å². The summed E-state index contributed by atoms with van der Waals surface area (Å²) in [7, 11) is 0. The van der Waals surface area contributed by atoms with Crippen molar-refractivity contribution in [3.05, 3.63) is 96.7 Å². The van der Waals surface area contributed by atoms with Crippen molar-refractivity contribution < 1.29 is 0 Å². The summed E-state index contributed by atoms with van der Waals surface area (Å²) in [4.78, 5) is 7.34. The summed E-state index contributed by atoms with van der Waals surface area (Å²) in [5, 5.41) is 4.95. The standard InChI is InChI=1S/C26H18N2/c1-17-8-5-13-20-22(17)16-27-25-21-14-6-9-18-10-7-15-23(24(18)21)28(26(20)25)19-11-3-2-4-12-19/h2-16H,1H3. The Balaban J connectivity index is 1.84. The van der Waals surface area contributed by atoms with Crippen molar-refractivity contribution in [2.45, 2.75) is 6.92 Å². The van der Waals surface area contributed by atoms with Crippen molar-refractivity contribution in [3.8, 4) is 11.3 Å². The Morgan fingerprint density at radius 2 is 1.50 bits per heavy atom. The number of aryl methyl sites for hydroxylation is 1. The van der Waals surface area contributed by atoms with Crippen molar-refractivity contribution in [2.24, 2.45) is 0 Å². The van der Waals surface area contributed by atoms with E-state index >= 15 is 0 Å². The molecule has 4 aromatic carbocycles.